The third-order valence-electron chi connectivity index (χ3n) is 5.94. The van der Waals surface area contributed by atoms with Gasteiger partial charge in [-0.2, -0.15) is 13.2 Å². The predicted octanol–water partition coefficient (Wildman–Crippen LogP) is 2.28. The lowest BCUT2D eigenvalue weighted by Gasteiger charge is -2.19. The molecule has 4 rings (SSSR count). The van der Waals surface area contributed by atoms with Gasteiger partial charge in [0.1, 0.15) is 6.54 Å². The van der Waals surface area contributed by atoms with Crippen LogP contribution in [0.5, 0.6) is 0 Å². The fourth-order valence-electron chi connectivity index (χ4n) is 4.68. The number of halogens is 3. The molecule has 1 fully saturated rings. The van der Waals surface area contributed by atoms with E-state index in [9.17, 15) is 31.2 Å². The molecule has 3 aliphatic rings. The molecule has 0 aromatic heterocycles. The minimum atomic E-state index is -4.62. The Bertz CT molecular complexity index is 975. The highest BCUT2D eigenvalue weighted by Gasteiger charge is 2.45. The van der Waals surface area contributed by atoms with Crippen molar-refractivity contribution in [2.45, 2.75) is 56.4 Å². The molecule has 0 saturated carbocycles. The molecule has 0 radical (unpaired) electrons. The molecule has 0 spiro atoms. The summed E-state index contributed by atoms with van der Waals surface area (Å²) < 4.78 is 64.5. The number of sulfonamides is 1. The zero-order chi connectivity index (χ0) is 21.7. The number of rotatable bonds is 4. The van der Waals surface area contributed by atoms with Crippen LogP contribution in [0, 0.1) is 0 Å². The fraction of sp³-hybridized carbons (Fsp3) is 0.579. The summed E-state index contributed by atoms with van der Waals surface area (Å²) in [5, 5.41) is 0.942. The maximum absolute atomic E-state index is 12.6. The molecule has 1 atom stereocenters. The largest absolute Gasteiger partial charge is 0.406 e. The number of alkyl halides is 3. The van der Waals surface area contributed by atoms with Crippen LogP contribution in [-0.4, -0.2) is 49.8 Å². The smallest absolute Gasteiger partial charge is 0.332 e. The molecule has 1 aliphatic heterocycles. The Labute approximate surface area is 172 Å². The van der Waals surface area contributed by atoms with Crippen LogP contribution in [-0.2, 0) is 40.5 Å². The summed E-state index contributed by atoms with van der Waals surface area (Å²) in [5.41, 5.74) is 4.97. The average molecular weight is 445 g/mol. The van der Waals surface area contributed by atoms with Gasteiger partial charge in [0, 0.05) is 12.2 Å². The number of nitrogens with zero attached hydrogens (tertiary/aromatic N) is 1. The molecular formula is C19H22F3N3O4S. The van der Waals surface area contributed by atoms with Gasteiger partial charge >= 0.3 is 12.2 Å². The highest BCUT2D eigenvalue weighted by molar-refractivity contribution is 7.91. The molecule has 0 bridgehead atoms. The Morgan fingerprint density at radius 3 is 2.27 bits per heavy atom. The summed E-state index contributed by atoms with van der Waals surface area (Å²) in [6.45, 7) is -1.84. The Kier molecular flexibility index (Phi) is 5.19. The molecule has 2 aliphatic carbocycles. The molecule has 11 heteroatoms. The summed E-state index contributed by atoms with van der Waals surface area (Å²) in [6.07, 6.45) is 0.389. The molecule has 2 N–H and O–H groups in total. The van der Waals surface area contributed by atoms with Crippen molar-refractivity contribution >= 4 is 27.6 Å². The van der Waals surface area contributed by atoms with Crippen LogP contribution >= 0.6 is 0 Å². The van der Waals surface area contributed by atoms with Crippen molar-refractivity contribution in [2.24, 2.45) is 0 Å². The van der Waals surface area contributed by atoms with Crippen LogP contribution in [0.1, 0.15) is 41.5 Å². The number of anilines is 1. The van der Waals surface area contributed by atoms with Crippen molar-refractivity contribution in [1.29, 1.82) is 0 Å². The highest BCUT2D eigenvalue weighted by Crippen LogP contribution is 2.38. The fourth-order valence-corrected chi connectivity index (χ4v) is 5.96. The van der Waals surface area contributed by atoms with E-state index < -0.39 is 39.9 Å². The van der Waals surface area contributed by atoms with Crippen LogP contribution in [0.15, 0.2) is 6.07 Å². The first kappa shape index (κ1) is 21.0. The van der Waals surface area contributed by atoms with E-state index in [1.165, 1.54) is 0 Å². The highest BCUT2D eigenvalue weighted by atomic mass is 32.2. The summed E-state index contributed by atoms with van der Waals surface area (Å²) in [6, 6.07) is 1.17. The molecule has 7 nitrogen and oxygen atoms in total. The first-order valence-corrected chi connectivity index (χ1v) is 11.4. The molecule has 30 heavy (non-hydrogen) atoms. The van der Waals surface area contributed by atoms with E-state index in [0.717, 1.165) is 60.8 Å². The van der Waals surface area contributed by atoms with E-state index in [1.54, 1.807) is 0 Å². The van der Waals surface area contributed by atoms with E-state index in [0.29, 0.717) is 10.6 Å². The van der Waals surface area contributed by atoms with Crippen LogP contribution < -0.4 is 10.0 Å². The van der Waals surface area contributed by atoms with Gasteiger partial charge in [-0.15, -0.1) is 0 Å². The summed E-state index contributed by atoms with van der Waals surface area (Å²) in [5.74, 6) is -1.14. The van der Waals surface area contributed by atoms with Gasteiger partial charge in [-0.1, -0.05) is 6.07 Å². The lowest BCUT2D eigenvalue weighted by Crippen LogP contribution is -2.45. The van der Waals surface area contributed by atoms with Crippen molar-refractivity contribution in [3.63, 3.8) is 0 Å². The number of amides is 3. The number of nitrogens with one attached hydrogen (secondary N) is 2. The Morgan fingerprint density at radius 2 is 1.70 bits per heavy atom. The SMILES string of the molecule is O=C(Nc1c2c(cc3c1CCC3)CCC2)NS(=O)(=O)C1CCN(CC(F)(F)F)C1=O. The second kappa shape index (κ2) is 7.44. The van der Waals surface area contributed by atoms with Crippen molar-refractivity contribution < 1.29 is 31.2 Å². The number of likely N-dealkylation sites (tertiary alicyclic amines) is 1. The first-order chi connectivity index (χ1) is 14.0. The van der Waals surface area contributed by atoms with Gasteiger partial charge in [-0.05, 0) is 67.2 Å². The molecule has 1 aromatic carbocycles. The molecule has 1 saturated heterocycles. The number of carbonyl (C=O) groups excluding carboxylic acids is 2. The lowest BCUT2D eigenvalue weighted by atomic mass is 9.99. The van der Waals surface area contributed by atoms with Gasteiger partial charge in [0.2, 0.25) is 15.9 Å². The number of aryl methyl sites for hydroxylation is 2. The molecule has 1 aromatic rings. The van der Waals surface area contributed by atoms with Crippen molar-refractivity contribution in [1.82, 2.24) is 9.62 Å². The topological polar surface area (TPSA) is 95.6 Å². The normalized spacial score (nSPS) is 21.0. The standard InChI is InChI=1S/C19H22F3N3O4S/c20-19(21,22)10-25-8-7-15(17(25)26)30(28,29)24-18(27)23-16-13-5-1-3-11(13)9-12-4-2-6-14(12)16/h9,15H,1-8,10H2,(H2,23,24,27). The zero-order valence-electron chi connectivity index (χ0n) is 16.1. The summed E-state index contributed by atoms with van der Waals surface area (Å²) >= 11 is 0. The van der Waals surface area contributed by atoms with E-state index in [2.05, 4.69) is 11.4 Å². The van der Waals surface area contributed by atoms with Crippen LogP contribution in [0.3, 0.4) is 0 Å². The number of carbonyl (C=O) groups is 2. The third-order valence-corrected chi connectivity index (χ3v) is 7.60. The van der Waals surface area contributed by atoms with E-state index in [-0.39, 0.29) is 13.0 Å². The van der Waals surface area contributed by atoms with Gasteiger partial charge in [0.25, 0.3) is 0 Å². The second-order valence-corrected chi connectivity index (χ2v) is 9.85. The van der Waals surface area contributed by atoms with E-state index in [4.69, 9.17) is 0 Å². The van der Waals surface area contributed by atoms with Crippen molar-refractivity contribution in [2.75, 3.05) is 18.4 Å². The first-order valence-electron chi connectivity index (χ1n) is 9.90. The monoisotopic (exact) mass is 445 g/mol. The third kappa shape index (κ3) is 3.99. The number of hydrogen-bond donors (Lipinski definition) is 2. The van der Waals surface area contributed by atoms with Gasteiger partial charge in [0.15, 0.2) is 5.25 Å². The molecule has 3 amide bonds. The second-order valence-electron chi connectivity index (χ2n) is 7.99. The molecule has 164 valence electrons. The molecule has 1 unspecified atom stereocenters. The van der Waals surface area contributed by atoms with Crippen molar-refractivity contribution in [3.05, 3.63) is 28.3 Å². The Balaban J connectivity index is 1.48. The van der Waals surface area contributed by atoms with Crippen LogP contribution in [0.2, 0.25) is 0 Å². The van der Waals surface area contributed by atoms with Gasteiger partial charge in [-0.3, -0.25) is 4.79 Å². The zero-order valence-corrected chi connectivity index (χ0v) is 17.0. The Hall–Kier alpha value is -2.30. The molecular weight excluding hydrogens is 423 g/mol. The average Bonchev–Trinajstić information content (AvgIpc) is 3.33. The number of benzene rings is 1. The maximum Gasteiger partial charge on any atom is 0.406 e. The van der Waals surface area contributed by atoms with Crippen LogP contribution in [0.4, 0.5) is 23.7 Å². The van der Waals surface area contributed by atoms with E-state index >= 15 is 0 Å². The number of hydrogen-bond acceptors (Lipinski definition) is 4. The minimum absolute atomic E-state index is 0.298. The van der Waals surface area contributed by atoms with Gasteiger partial charge in [-0.25, -0.2) is 17.9 Å². The number of urea groups is 1. The van der Waals surface area contributed by atoms with Crippen LogP contribution in [0.25, 0.3) is 0 Å². The summed E-state index contributed by atoms with van der Waals surface area (Å²) in [4.78, 5) is 25.1. The van der Waals surface area contributed by atoms with Crippen molar-refractivity contribution in [3.8, 4) is 0 Å². The number of fused-ring (bicyclic) bond motifs is 2. The van der Waals surface area contributed by atoms with Gasteiger partial charge < -0.3 is 10.2 Å². The van der Waals surface area contributed by atoms with E-state index in [1.807, 2.05) is 4.72 Å². The quantitative estimate of drug-likeness (QED) is 0.743. The Morgan fingerprint density at radius 1 is 1.10 bits per heavy atom. The summed E-state index contributed by atoms with van der Waals surface area (Å²) in [7, 11) is -4.47. The maximum atomic E-state index is 12.6. The van der Waals surface area contributed by atoms with Gasteiger partial charge in [0.05, 0.1) is 0 Å². The molecule has 1 heterocycles. The minimum Gasteiger partial charge on any atom is -0.332 e. The lowest BCUT2D eigenvalue weighted by molar-refractivity contribution is -0.157. The predicted molar refractivity (Wildman–Crippen MR) is 103 cm³/mol.